The molecular formula is C11H14N4O2. The first-order chi connectivity index (χ1) is 8.14. The number of aromatic nitrogens is 2. The Labute approximate surface area is 98.7 Å². The minimum atomic E-state index is -1.10. The fraction of sp³-hybridized carbons (Fsp3) is 0. The second-order valence-corrected chi connectivity index (χ2v) is 2.64. The zero-order valence-electron chi connectivity index (χ0n) is 9.11. The highest BCUT2D eigenvalue weighted by atomic mass is 16.2. The van der Waals surface area contributed by atoms with Gasteiger partial charge in [-0.3, -0.25) is 9.59 Å². The van der Waals surface area contributed by atoms with Crippen molar-refractivity contribution in [3.63, 3.8) is 0 Å². The van der Waals surface area contributed by atoms with Gasteiger partial charge < -0.3 is 16.5 Å². The predicted molar refractivity (Wildman–Crippen MR) is 63.4 cm³/mol. The van der Waals surface area contributed by atoms with Crippen molar-refractivity contribution in [2.75, 3.05) is 0 Å². The van der Waals surface area contributed by atoms with Gasteiger partial charge in [-0.25, -0.2) is 4.98 Å². The molecule has 90 valence electrons. The average molecular weight is 234 g/mol. The SMILES string of the molecule is NC(=O)C(N)=O.c1c[nH]cn1.c1ccccc1. The lowest BCUT2D eigenvalue weighted by Crippen LogP contribution is -2.29. The molecule has 2 rings (SSSR count). The van der Waals surface area contributed by atoms with E-state index in [-0.39, 0.29) is 0 Å². The van der Waals surface area contributed by atoms with Gasteiger partial charge in [0, 0.05) is 12.4 Å². The van der Waals surface area contributed by atoms with E-state index in [0.717, 1.165) is 0 Å². The summed E-state index contributed by atoms with van der Waals surface area (Å²) < 4.78 is 0. The zero-order chi connectivity index (χ0) is 12.9. The fourth-order valence-electron chi connectivity index (χ4n) is 0.600. The lowest BCUT2D eigenvalue weighted by molar-refractivity contribution is -0.135. The van der Waals surface area contributed by atoms with Crippen LogP contribution < -0.4 is 11.5 Å². The van der Waals surface area contributed by atoms with E-state index in [4.69, 9.17) is 0 Å². The Hall–Kier alpha value is -2.63. The minimum Gasteiger partial charge on any atom is -0.361 e. The molecule has 0 saturated carbocycles. The van der Waals surface area contributed by atoms with Crippen molar-refractivity contribution >= 4 is 11.8 Å². The first kappa shape index (κ1) is 14.4. The van der Waals surface area contributed by atoms with Gasteiger partial charge in [0.2, 0.25) is 0 Å². The molecule has 0 aliphatic rings. The van der Waals surface area contributed by atoms with E-state index in [1.165, 1.54) is 0 Å². The van der Waals surface area contributed by atoms with Gasteiger partial charge in [0.1, 0.15) is 0 Å². The Morgan fingerprint density at radius 1 is 0.882 bits per heavy atom. The summed E-state index contributed by atoms with van der Waals surface area (Å²) in [7, 11) is 0. The van der Waals surface area contributed by atoms with E-state index in [1.54, 1.807) is 18.7 Å². The predicted octanol–water partition coefficient (Wildman–Crippen LogP) is 0.0533. The second kappa shape index (κ2) is 9.91. The van der Waals surface area contributed by atoms with Crippen LogP contribution in [0.1, 0.15) is 0 Å². The summed E-state index contributed by atoms with van der Waals surface area (Å²) in [5.74, 6) is -2.20. The van der Waals surface area contributed by atoms with E-state index in [2.05, 4.69) is 21.4 Å². The summed E-state index contributed by atoms with van der Waals surface area (Å²) >= 11 is 0. The van der Waals surface area contributed by atoms with Crippen LogP contribution in [0.3, 0.4) is 0 Å². The molecule has 0 spiro atoms. The molecule has 0 aliphatic heterocycles. The molecule has 1 aromatic heterocycles. The Kier molecular flexibility index (Phi) is 8.37. The molecule has 6 nitrogen and oxygen atoms in total. The number of amides is 2. The molecular weight excluding hydrogens is 220 g/mol. The van der Waals surface area contributed by atoms with Gasteiger partial charge in [0.15, 0.2) is 0 Å². The van der Waals surface area contributed by atoms with Crippen LogP contribution >= 0.6 is 0 Å². The lowest BCUT2D eigenvalue weighted by atomic mass is 10.4. The van der Waals surface area contributed by atoms with E-state index < -0.39 is 11.8 Å². The van der Waals surface area contributed by atoms with E-state index in [1.807, 2.05) is 36.4 Å². The van der Waals surface area contributed by atoms with Gasteiger partial charge in [-0.1, -0.05) is 36.4 Å². The topological polar surface area (TPSA) is 115 Å². The number of nitrogens with one attached hydrogen (secondary N) is 1. The van der Waals surface area contributed by atoms with Crippen molar-refractivity contribution in [2.24, 2.45) is 11.5 Å². The molecule has 0 aliphatic carbocycles. The van der Waals surface area contributed by atoms with Crippen molar-refractivity contribution in [3.05, 3.63) is 55.1 Å². The molecule has 1 aromatic carbocycles. The minimum absolute atomic E-state index is 1.10. The number of carbonyl (C=O) groups is 2. The van der Waals surface area contributed by atoms with Crippen LogP contribution in [-0.2, 0) is 9.59 Å². The van der Waals surface area contributed by atoms with Crippen molar-refractivity contribution < 1.29 is 9.59 Å². The highest BCUT2D eigenvalue weighted by molar-refractivity contribution is 6.33. The molecule has 0 atom stereocenters. The number of benzene rings is 1. The molecule has 6 heteroatoms. The molecule has 0 unspecified atom stereocenters. The van der Waals surface area contributed by atoms with Gasteiger partial charge >= 0.3 is 11.8 Å². The summed E-state index contributed by atoms with van der Waals surface area (Å²) in [6.07, 6.45) is 5.08. The average Bonchev–Trinajstić information content (AvgIpc) is 2.90. The number of primary amides is 2. The van der Waals surface area contributed by atoms with E-state index >= 15 is 0 Å². The highest BCUT2D eigenvalue weighted by Crippen LogP contribution is 1.79. The standard InChI is InChI=1S/C6H6.C3H4N2.C2H4N2O2/c1-2-4-6-5-3-1;1-2-5-3-4-1;3-1(5)2(4)6/h1-6H;1-3H,(H,4,5);(H2,3,5)(H2,4,6). The van der Waals surface area contributed by atoms with Crippen molar-refractivity contribution in [1.29, 1.82) is 0 Å². The molecule has 17 heavy (non-hydrogen) atoms. The Balaban J connectivity index is 0.000000227. The van der Waals surface area contributed by atoms with Crippen molar-refractivity contribution in [1.82, 2.24) is 9.97 Å². The number of nitrogens with zero attached hydrogens (tertiary/aromatic N) is 1. The summed E-state index contributed by atoms with van der Waals surface area (Å²) in [5, 5.41) is 0. The van der Waals surface area contributed by atoms with Gasteiger partial charge in [-0.15, -0.1) is 0 Å². The number of H-pyrrole nitrogens is 1. The summed E-state index contributed by atoms with van der Waals surface area (Å²) in [5.41, 5.74) is 8.64. The van der Waals surface area contributed by atoms with Crippen LogP contribution in [0.15, 0.2) is 55.1 Å². The second-order valence-electron chi connectivity index (χ2n) is 2.64. The number of hydrogen-bond acceptors (Lipinski definition) is 3. The van der Waals surface area contributed by atoms with Gasteiger partial charge in [0.05, 0.1) is 6.33 Å². The fourth-order valence-corrected chi connectivity index (χ4v) is 0.600. The number of aromatic amines is 1. The normalized spacial score (nSPS) is 7.76. The number of imidazole rings is 1. The third-order valence-corrected chi connectivity index (χ3v) is 1.32. The van der Waals surface area contributed by atoms with Gasteiger partial charge in [0.25, 0.3) is 0 Å². The molecule has 1 heterocycles. The van der Waals surface area contributed by atoms with Crippen LogP contribution in [0.5, 0.6) is 0 Å². The number of rotatable bonds is 0. The molecule has 5 N–H and O–H groups in total. The van der Waals surface area contributed by atoms with E-state index in [0.29, 0.717) is 0 Å². The number of nitrogens with two attached hydrogens (primary N) is 2. The molecule has 2 amide bonds. The summed E-state index contributed by atoms with van der Waals surface area (Å²) in [6, 6.07) is 12.0. The quantitative estimate of drug-likeness (QED) is 0.559. The maximum absolute atomic E-state index is 9.45. The van der Waals surface area contributed by atoms with Crippen molar-refractivity contribution in [2.45, 2.75) is 0 Å². The molecule has 0 saturated heterocycles. The van der Waals surface area contributed by atoms with Crippen molar-refractivity contribution in [3.8, 4) is 0 Å². The Morgan fingerprint density at radius 2 is 1.29 bits per heavy atom. The smallest absolute Gasteiger partial charge is 0.306 e. The van der Waals surface area contributed by atoms with Gasteiger partial charge in [-0.05, 0) is 0 Å². The molecule has 2 aromatic rings. The van der Waals surface area contributed by atoms with Gasteiger partial charge in [-0.2, -0.15) is 0 Å². The van der Waals surface area contributed by atoms with Crippen LogP contribution in [0.25, 0.3) is 0 Å². The zero-order valence-corrected chi connectivity index (χ0v) is 9.11. The van der Waals surface area contributed by atoms with Crippen LogP contribution in [-0.4, -0.2) is 21.8 Å². The first-order valence-corrected chi connectivity index (χ1v) is 4.66. The number of hydrogen-bond donors (Lipinski definition) is 3. The maximum Gasteiger partial charge on any atom is 0.306 e. The van der Waals surface area contributed by atoms with Crippen LogP contribution in [0.2, 0.25) is 0 Å². The van der Waals surface area contributed by atoms with E-state index in [9.17, 15) is 9.59 Å². The lowest BCUT2D eigenvalue weighted by Gasteiger charge is -1.75. The Morgan fingerprint density at radius 3 is 1.41 bits per heavy atom. The van der Waals surface area contributed by atoms with Crippen LogP contribution in [0.4, 0.5) is 0 Å². The van der Waals surface area contributed by atoms with Crippen LogP contribution in [0, 0.1) is 0 Å². The maximum atomic E-state index is 9.45. The third kappa shape index (κ3) is 11.3. The number of carbonyl (C=O) groups excluding carboxylic acids is 2. The third-order valence-electron chi connectivity index (χ3n) is 1.32. The summed E-state index contributed by atoms with van der Waals surface area (Å²) in [4.78, 5) is 25.3. The Bertz CT molecular complexity index is 345. The molecule has 0 fully saturated rings. The first-order valence-electron chi connectivity index (χ1n) is 4.66. The monoisotopic (exact) mass is 234 g/mol. The largest absolute Gasteiger partial charge is 0.361 e. The molecule has 0 bridgehead atoms. The highest BCUT2D eigenvalue weighted by Gasteiger charge is 1.96. The molecule has 0 radical (unpaired) electrons. The summed E-state index contributed by atoms with van der Waals surface area (Å²) in [6.45, 7) is 0.